The lowest BCUT2D eigenvalue weighted by Crippen LogP contribution is -2.41. The molecule has 0 aromatic carbocycles. The lowest BCUT2D eigenvalue weighted by atomic mass is 10.1. The van der Waals surface area contributed by atoms with Crippen molar-refractivity contribution < 1.29 is 4.79 Å². The molecule has 0 N–H and O–H groups in total. The van der Waals surface area contributed by atoms with Gasteiger partial charge < -0.3 is 9.13 Å². The zero-order valence-corrected chi connectivity index (χ0v) is 16.0. The summed E-state index contributed by atoms with van der Waals surface area (Å²) in [7, 11) is 0. The second-order valence-corrected chi connectivity index (χ2v) is 7.63. The average Bonchev–Trinajstić information content (AvgIpc) is 3.06. The average molecular weight is 343 g/mol. The van der Waals surface area contributed by atoms with Crippen molar-refractivity contribution in [3.63, 3.8) is 0 Å². The molecule has 0 spiro atoms. The van der Waals surface area contributed by atoms with Gasteiger partial charge in [0.15, 0.2) is 0 Å². The first-order chi connectivity index (χ1) is 11.7. The predicted molar refractivity (Wildman–Crippen MR) is 98.9 cm³/mol. The van der Waals surface area contributed by atoms with Gasteiger partial charge >= 0.3 is 0 Å². The highest BCUT2D eigenvalue weighted by Crippen LogP contribution is 2.20. The van der Waals surface area contributed by atoms with Gasteiger partial charge in [-0.2, -0.15) is 0 Å². The molecule has 2 heterocycles. The molecule has 0 aliphatic heterocycles. The first-order valence-corrected chi connectivity index (χ1v) is 8.55. The molecule has 0 atom stereocenters. The predicted octanol–water partition coefficient (Wildman–Crippen LogP) is 3.05. The molecule has 2 rings (SSSR count). The van der Waals surface area contributed by atoms with Gasteiger partial charge in [-0.3, -0.25) is 9.69 Å². The van der Waals surface area contributed by atoms with Crippen LogP contribution in [0.15, 0.2) is 36.9 Å². The minimum Gasteiger partial charge on any atom is -0.330 e. The monoisotopic (exact) mass is 343 g/mol. The Kier molecular flexibility index (Phi) is 5.95. The molecule has 0 unspecified atom stereocenters. The van der Waals surface area contributed by atoms with Crippen LogP contribution in [0, 0.1) is 0 Å². The summed E-state index contributed by atoms with van der Waals surface area (Å²) >= 11 is 0. The van der Waals surface area contributed by atoms with Crippen LogP contribution in [0.1, 0.15) is 46.3 Å². The second kappa shape index (κ2) is 7.78. The molecular formula is C19H29N5O. The van der Waals surface area contributed by atoms with Crippen LogP contribution in [-0.2, 0) is 31.0 Å². The standard InChI is InChI=1S/C19H29N5O/c1-15(2)11-22-9-7-20-17(22)13-24(19(4,5)6)14-18-21-8-10-23(18)12-16(3)25/h7-10H,1,11-14H2,2-6H3. The van der Waals surface area contributed by atoms with E-state index >= 15 is 0 Å². The number of Topliss-reactive ketones (excluding diaryl/α,β-unsaturated/α-hetero) is 1. The normalized spacial score (nSPS) is 11.9. The molecule has 0 fully saturated rings. The zero-order chi connectivity index (χ0) is 18.6. The Bertz CT molecular complexity index is 679. The summed E-state index contributed by atoms with van der Waals surface area (Å²) in [4.78, 5) is 22.8. The third kappa shape index (κ3) is 5.39. The summed E-state index contributed by atoms with van der Waals surface area (Å²) in [6, 6.07) is 0. The SMILES string of the molecule is C=C(C)Cn1ccnc1CN(Cc1nccn1CC(C)=O)C(C)(C)C. The van der Waals surface area contributed by atoms with Crippen LogP contribution in [0.25, 0.3) is 0 Å². The maximum atomic E-state index is 11.5. The number of carbonyl (C=O) groups excluding carboxylic acids is 1. The Morgan fingerprint density at radius 3 is 1.92 bits per heavy atom. The van der Waals surface area contributed by atoms with Gasteiger partial charge in [0, 0.05) is 36.9 Å². The van der Waals surface area contributed by atoms with Crippen LogP contribution in [0.5, 0.6) is 0 Å². The van der Waals surface area contributed by atoms with Crippen molar-refractivity contribution in [2.75, 3.05) is 0 Å². The highest BCUT2D eigenvalue weighted by Gasteiger charge is 2.25. The van der Waals surface area contributed by atoms with Crippen LogP contribution < -0.4 is 0 Å². The maximum Gasteiger partial charge on any atom is 0.149 e. The zero-order valence-electron chi connectivity index (χ0n) is 16.0. The van der Waals surface area contributed by atoms with E-state index in [0.717, 1.165) is 23.8 Å². The Morgan fingerprint density at radius 1 is 1.04 bits per heavy atom. The molecule has 0 aliphatic rings. The lowest BCUT2D eigenvalue weighted by molar-refractivity contribution is -0.117. The van der Waals surface area contributed by atoms with Crippen molar-refractivity contribution in [1.82, 2.24) is 24.0 Å². The van der Waals surface area contributed by atoms with Crippen LogP contribution >= 0.6 is 0 Å². The van der Waals surface area contributed by atoms with Gasteiger partial charge in [0.2, 0.25) is 0 Å². The van der Waals surface area contributed by atoms with E-state index < -0.39 is 0 Å². The molecule has 6 heteroatoms. The van der Waals surface area contributed by atoms with Crippen molar-refractivity contribution in [2.45, 2.75) is 66.3 Å². The number of hydrogen-bond donors (Lipinski definition) is 0. The van der Waals surface area contributed by atoms with E-state index in [-0.39, 0.29) is 11.3 Å². The maximum absolute atomic E-state index is 11.5. The molecular weight excluding hydrogens is 314 g/mol. The summed E-state index contributed by atoms with van der Waals surface area (Å²) in [5.74, 6) is 2.02. The van der Waals surface area contributed by atoms with Crippen LogP contribution in [-0.4, -0.2) is 35.3 Å². The van der Waals surface area contributed by atoms with E-state index in [0.29, 0.717) is 19.6 Å². The van der Waals surface area contributed by atoms with Gasteiger partial charge in [-0.15, -0.1) is 0 Å². The molecule has 136 valence electrons. The number of carbonyl (C=O) groups is 1. The summed E-state index contributed by atoms with van der Waals surface area (Å²) in [6.45, 7) is 16.6. The molecule has 6 nitrogen and oxygen atoms in total. The number of allylic oxidation sites excluding steroid dienone is 1. The van der Waals surface area contributed by atoms with E-state index in [4.69, 9.17) is 0 Å². The molecule has 0 bridgehead atoms. The van der Waals surface area contributed by atoms with Crippen molar-refractivity contribution in [1.29, 1.82) is 0 Å². The number of hydrogen-bond acceptors (Lipinski definition) is 4. The molecule has 0 aliphatic carbocycles. The van der Waals surface area contributed by atoms with Gasteiger partial charge in [0.25, 0.3) is 0 Å². The lowest BCUT2D eigenvalue weighted by Gasteiger charge is -2.35. The minimum atomic E-state index is -0.0625. The summed E-state index contributed by atoms with van der Waals surface area (Å²) < 4.78 is 4.05. The topological polar surface area (TPSA) is 56.0 Å². The molecule has 0 saturated heterocycles. The fourth-order valence-corrected chi connectivity index (χ4v) is 2.67. The second-order valence-electron chi connectivity index (χ2n) is 7.63. The quantitative estimate of drug-likeness (QED) is 0.691. The van der Waals surface area contributed by atoms with Gasteiger partial charge in [0.05, 0.1) is 19.6 Å². The first kappa shape index (κ1) is 19.1. The number of imidazole rings is 2. The molecule has 25 heavy (non-hydrogen) atoms. The van der Waals surface area contributed by atoms with E-state index in [1.165, 1.54) is 0 Å². The fourth-order valence-electron chi connectivity index (χ4n) is 2.67. The van der Waals surface area contributed by atoms with Crippen molar-refractivity contribution >= 4 is 5.78 Å². The number of ketones is 1. The van der Waals surface area contributed by atoms with Crippen molar-refractivity contribution in [3.8, 4) is 0 Å². The summed E-state index contributed by atoms with van der Waals surface area (Å²) in [5.41, 5.74) is 1.03. The smallest absolute Gasteiger partial charge is 0.149 e. The minimum absolute atomic E-state index is 0.0625. The van der Waals surface area contributed by atoms with Crippen LogP contribution in [0.2, 0.25) is 0 Å². The number of rotatable bonds is 8. The van der Waals surface area contributed by atoms with Gasteiger partial charge in [-0.25, -0.2) is 9.97 Å². The molecule has 0 saturated carbocycles. The Morgan fingerprint density at radius 2 is 1.52 bits per heavy atom. The molecule has 0 amide bonds. The molecule has 0 radical (unpaired) electrons. The highest BCUT2D eigenvalue weighted by molar-refractivity contribution is 5.75. The number of aromatic nitrogens is 4. The molecule has 2 aromatic rings. The summed E-state index contributed by atoms with van der Waals surface area (Å²) in [6.07, 6.45) is 7.43. The van der Waals surface area contributed by atoms with Gasteiger partial charge in [0.1, 0.15) is 17.4 Å². The Labute approximate surface area is 150 Å². The van der Waals surface area contributed by atoms with Crippen LogP contribution in [0.3, 0.4) is 0 Å². The largest absolute Gasteiger partial charge is 0.330 e. The first-order valence-electron chi connectivity index (χ1n) is 8.55. The van der Waals surface area contributed by atoms with Gasteiger partial charge in [-0.1, -0.05) is 12.2 Å². The number of nitrogens with zero attached hydrogens (tertiary/aromatic N) is 5. The van der Waals surface area contributed by atoms with E-state index in [2.05, 4.69) is 46.8 Å². The third-order valence-corrected chi connectivity index (χ3v) is 4.05. The van der Waals surface area contributed by atoms with E-state index in [1.54, 1.807) is 13.1 Å². The Balaban J connectivity index is 2.21. The highest BCUT2D eigenvalue weighted by atomic mass is 16.1. The van der Waals surface area contributed by atoms with Crippen molar-refractivity contribution in [3.05, 3.63) is 48.6 Å². The fraction of sp³-hybridized carbons (Fsp3) is 0.526. The Hall–Kier alpha value is -2.21. The van der Waals surface area contributed by atoms with E-state index in [1.807, 2.05) is 30.1 Å². The molecule has 2 aromatic heterocycles. The van der Waals surface area contributed by atoms with E-state index in [9.17, 15) is 4.79 Å². The van der Waals surface area contributed by atoms with Crippen LogP contribution in [0.4, 0.5) is 0 Å². The van der Waals surface area contributed by atoms with Gasteiger partial charge in [-0.05, 0) is 34.6 Å². The summed E-state index contributed by atoms with van der Waals surface area (Å²) in [5, 5.41) is 0. The third-order valence-electron chi connectivity index (χ3n) is 4.05. The van der Waals surface area contributed by atoms with Crippen molar-refractivity contribution in [2.24, 2.45) is 0 Å².